The molecule has 0 bridgehead atoms. The Labute approximate surface area is 211 Å². The van der Waals surface area contributed by atoms with Crippen molar-refractivity contribution >= 4 is 27.5 Å². The molecule has 0 spiro atoms. The average molecular weight is 525 g/mol. The summed E-state index contributed by atoms with van der Waals surface area (Å²) < 4.78 is 56.1. The van der Waals surface area contributed by atoms with Gasteiger partial charge in [0, 0.05) is 30.5 Å². The van der Waals surface area contributed by atoms with Gasteiger partial charge in [0.1, 0.15) is 6.04 Å². The summed E-state index contributed by atoms with van der Waals surface area (Å²) in [6.07, 6.45) is 0.738. The Kier molecular flexibility index (Phi) is 7.55. The second-order valence-electron chi connectivity index (χ2n) is 9.65. The predicted octanol–water partition coefficient (Wildman–Crippen LogP) is 5.97. The first-order valence-electron chi connectivity index (χ1n) is 12.0. The first-order chi connectivity index (χ1) is 16.5. The minimum Gasteiger partial charge on any atom is -0.332 e. The van der Waals surface area contributed by atoms with Crippen molar-refractivity contribution in [3.8, 4) is 0 Å². The molecule has 2 aromatic rings. The summed E-state index contributed by atoms with van der Waals surface area (Å²) in [5, 5.41) is 0.558. The van der Waals surface area contributed by atoms with Crippen LogP contribution >= 0.6 is 11.6 Å². The highest BCUT2D eigenvalue weighted by Crippen LogP contribution is 2.39. The molecule has 0 radical (unpaired) electrons. The maximum Gasteiger partial charge on any atom is 0.248 e. The summed E-state index contributed by atoms with van der Waals surface area (Å²) >= 11 is 6.04. The van der Waals surface area contributed by atoms with Crippen molar-refractivity contribution in [1.29, 1.82) is 0 Å². The van der Waals surface area contributed by atoms with E-state index < -0.39 is 34.1 Å². The van der Waals surface area contributed by atoms with E-state index >= 15 is 0 Å². The minimum absolute atomic E-state index is 0.150. The van der Waals surface area contributed by atoms with E-state index in [2.05, 4.69) is 0 Å². The molecule has 9 heteroatoms. The third-order valence-electron chi connectivity index (χ3n) is 7.22. The molecular formula is C26H31ClF2N2O3S. The lowest BCUT2D eigenvalue weighted by Gasteiger charge is -2.42. The number of carbonyl (C=O) groups excluding carboxylic acids is 1. The summed E-state index contributed by atoms with van der Waals surface area (Å²) in [5.41, 5.74) is 1.76. The summed E-state index contributed by atoms with van der Waals surface area (Å²) in [4.78, 5) is 15.8. The van der Waals surface area contributed by atoms with Gasteiger partial charge in [0.25, 0.3) is 0 Å². The van der Waals surface area contributed by atoms with Crippen LogP contribution in [0.4, 0.5) is 8.78 Å². The fourth-order valence-electron chi connectivity index (χ4n) is 5.18. The third kappa shape index (κ3) is 5.54. The normalized spacial score (nSPS) is 22.1. The van der Waals surface area contributed by atoms with E-state index in [-0.39, 0.29) is 43.0 Å². The number of benzene rings is 2. The van der Waals surface area contributed by atoms with Crippen LogP contribution in [-0.2, 0) is 14.8 Å². The molecule has 35 heavy (non-hydrogen) atoms. The predicted molar refractivity (Wildman–Crippen MR) is 132 cm³/mol. The van der Waals surface area contributed by atoms with Crippen LogP contribution in [0, 0.1) is 6.92 Å². The number of hydrogen-bond acceptors (Lipinski definition) is 3. The molecule has 2 atom stereocenters. The first kappa shape index (κ1) is 26.0. The van der Waals surface area contributed by atoms with Gasteiger partial charge in [-0.25, -0.2) is 17.2 Å². The second kappa shape index (κ2) is 10.1. The number of amides is 1. The Morgan fingerprint density at radius 1 is 1.06 bits per heavy atom. The van der Waals surface area contributed by atoms with E-state index in [0.717, 1.165) is 11.1 Å². The van der Waals surface area contributed by atoms with Gasteiger partial charge in [-0.1, -0.05) is 41.4 Å². The highest BCUT2D eigenvalue weighted by atomic mass is 35.5. The Balaban J connectivity index is 1.66. The van der Waals surface area contributed by atoms with Gasteiger partial charge in [-0.3, -0.25) is 4.79 Å². The quantitative estimate of drug-likeness (QED) is 0.468. The molecule has 2 aromatic carbocycles. The van der Waals surface area contributed by atoms with Crippen LogP contribution in [0.5, 0.6) is 0 Å². The smallest absolute Gasteiger partial charge is 0.248 e. The van der Waals surface area contributed by atoms with Crippen molar-refractivity contribution in [1.82, 2.24) is 9.21 Å². The zero-order valence-electron chi connectivity index (χ0n) is 20.0. The molecule has 2 aliphatic rings. The lowest BCUT2D eigenvalue weighted by molar-refractivity contribution is -0.143. The Bertz CT molecular complexity index is 1150. The molecule has 5 nitrogen and oxygen atoms in total. The molecule has 2 fully saturated rings. The zero-order chi connectivity index (χ0) is 25.4. The van der Waals surface area contributed by atoms with Crippen LogP contribution in [0.1, 0.15) is 62.6 Å². The third-order valence-corrected chi connectivity index (χ3v) is 9.39. The van der Waals surface area contributed by atoms with E-state index in [1.54, 1.807) is 41.3 Å². The number of hydrogen-bond donors (Lipinski definition) is 0. The van der Waals surface area contributed by atoms with Gasteiger partial charge < -0.3 is 4.90 Å². The number of carbonyl (C=O) groups is 1. The number of sulfonamides is 1. The molecular weight excluding hydrogens is 494 g/mol. The highest BCUT2D eigenvalue weighted by Gasteiger charge is 2.46. The monoisotopic (exact) mass is 524 g/mol. The van der Waals surface area contributed by atoms with Crippen molar-refractivity contribution in [2.45, 2.75) is 81.3 Å². The van der Waals surface area contributed by atoms with Gasteiger partial charge in [-0.15, -0.1) is 0 Å². The maximum absolute atomic E-state index is 14.0. The van der Waals surface area contributed by atoms with Crippen molar-refractivity contribution in [2.75, 3.05) is 6.54 Å². The molecule has 1 amide bonds. The maximum atomic E-state index is 14.0. The van der Waals surface area contributed by atoms with Crippen molar-refractivity contribution < 1.29 is 22.0 Å². The van der Waals surface area contributed by atoms with Gasteiger partial charge in [0.2, 0.25) is 21.9 Å². The molecule has 4 rings (SSSR count). The summed E-state index contributed by atoms with van der Waals surface area (Å²) in [6.45, 7) is 3.99. The number of aryl methyl sites for hydroxylation is 1. The topological polar surface area (TPSA) is 57.7 Å². The minimum atomic E-state index is -3.88. The van der Waals surface area contributed by atoms with Crippen LogP contribution in [0.25, 0.3) is 0 Å². The number of alkyl halides is 2. The van der Waals surface area contributed by atoms with Crippen LogP contribution in [0.2, 0.25) is 5.02 Å². The Morgan fingerprint density at radius 2 is 1.66 bits per heavy atom. The zero-order valence-corrected chi connectivity index (χ0v) is 21.5. The molecule has 1 unspecified atom stereocenters. The molecule has 1 heterocycles. The largest absolute Gasteiger partial charge is 0.332 e. The van der Waals surface area contributed by atoms with E-state index in [1.807, 2.05) is 26.0 Å². The highest BCUT2D eigenvalue weighted by molar-refractivity contribution is 7.89. The van der Waals surface area contributed by atoms with Gasteiger partial charge in [-0.05, 0) is 69.4 Å². The lowest BCUT2D eigenvalue weighted by atomic mass is 9.89. The van der Waals surface area contributed by atoms with Crippen LogP contribution < -0.4 is 0 Å². The fraction of sp³-hybridized carbons (Fsp3) is 0.500. The average Bonchev–Trinajstić information content (AvgIpc) is 3.32. The number of rotatable bonds is 6. The van der Waals surface area contributed by atoms with E-state index in [0.29, 0.717) is 17.9 Å². The summed E-state index contributed by atoms with van der Waals surface area (Å²) in [7, 11) is -3.88. The van der Waals surface area contributed by atoms with Crippen LogP contribution in [0.15, 0.2) is 53.4 Å². The van der Waals surface area contributed by atoms with E-state index in [4.69, 9.17) is 11.6 Å². The second-order valence-corrected chi connectivity index (χ2v) is 12.0. The number of halogens is 3. The first-order valence-corrected chi connectivity index (χ1v) is 13.9. The molecule has 1 aliphatic carbocycles. The van der Waals surface area contributed by atoms with Crippen molar-refractivity contribution in [3.63, 3.8) is 0 Å². The molecule has 1 aliphatic heterocycles. The van der Waals surface area contributed by atoms with Gasteiger partial charge >= 0.3 is 0 Å². The number of nitrogens with zero attached hydrogens (tertiary/aromatic N) is 2. The van der Waals surface area contributed by atoms with Crippen LogP contribution in [-0.4, -0.2) is 48.1 Å². The molecule has 0 aromatic heterocycles. The van der Waals surface area contributed by atoms with Crippen molar-refractivity contribution in [2.24, 2.45) is 0 Å². The van der Waals surface area contributed by atoms with Gasteiger partial charge in [0.15, 0.2) is 0 Å². The van der Waals surface area contributed by atoms with E-state index in [1.165, 1.54) is 4.31 Å². The standard InChI is InChI=1S/C26H31ClF2N2O3S/c1-18-5-11-23(12-6-18)35(33,34)30-17-3-4-24(30)25(32)31(22-13-15-26(28,29)16-14-22)19(2)20-7-9-21(27)10-8-20/h5-12,19,22,24H,3-4,13-17H2,1-2H3/t19?,24-/m0/s1. The fourth-order valence-corrected chi connectivity index (χ4v) is 6.96. The van der Waals surface area contributed by atoms with Crippen molar-refractivity contribution in [3.05, 3.63) is 64.7 Å². The van der Waals surface area contributed by atoms with Gasteiger partial charge in [-0.2, -0.15) is 4.31 Å². The molecule has 1 saturated heterocycles. The van der Waals surface area contributed by atoms with Gasteiger partial charge in [0.05, 0.1) is 10.9 Å². The van der Waals surface area contributed by atoms with Crippen LogP contribution in [0.3, 0.4) is 0 Å². The van der Waals surface area contributed by atoms with E-state index in [9.17, 15) is 22.0 Å². The Morgan fingerprint density at radius 3 is 2.26 bits per heavy atom. The molecule has 190 valence electrons. The SMILES string of the molecule is Cc1ccc(S(=O)(=O)N2CCC[C@H]2C(=O)N(C2CCC(F)(F)CC2)C(C)c2ccc(Cl)cc2)cc1. The molecule has 0 N–H and O–H groups in total. The Hall–Kier alpha value is -2.03. The molecule has 1 saturated carbocycles. The summed E-state index contributed by atoms with van der Waals surface area (Å²) in [5.74, 6) is -3.06. The summed E-state index contributed by atoms with van der Waals surface area (Å²) in [6, 6.07) is 12.0. The lowest BCUT2D eigenvalue weighted by Crippen LogP contribution is -2.53.